The molecule has 0 atom stereocenters. The third kappa shape index (κ3) is 3.48. The maximum atomic E-state index is 12.7. The molecule has 2 aromatic carbocycles. The molecule has 0 aliphatic rings. The van der Waals surface area contributed by atoms with Gasteiger partial charge >= 0.3 is 0 Å². The Kier molecular flexibility index (Phi) is 4.07. The molecule has 0 heterocycles. The number of nitrogens with two attached hydrogens (primary N) is 1. The van der Waals surface area contributed by atoms with Crippen LogP contribution < -0.4 is 5.73 Å². The lowest BCUT2D eigenvalue weighted by atomic mass is 10.2. The number of hydrogen-bond donors (Lipinski definition) is 1. The molecule has 0 amide bonds. The summed E-state index contributed by atoms with van der Waals surface area (Å²) < 4.78 is 13.7. The number of halogens is 2. The number of thioether (sulfide) groups is 1. The molecule has 0 saturated carbocycles. The van der Waals surface area contributed by atoms with Crippen LogP contribution in [-0.4, -0.2) is 0 Å². The van der Waals surface area contributed by atoms with Gasteiger partial charge < -0.3 is 5.73 Å². The molecule has 0 bridgehead atoms. The van der Waals surface area contributed by atoms with Crippen LogP contribution in [0, 0.1) is 5.82 Å². The van der Waals surface area contributed by atoms with Crippen LogP contribution in [0.4, 0.5) is 10.1 Å². The van der Waals surface area contributed by atoms with E-state index in [0.29, 0.717) is 0 Å². The number of nitrogen functional groups attached to an aromatic ring is 1. The number of benzene rings is 2. The van der Waals surface area contributed by atoms with Gasteiger partial charge in [-0.2, -0.15) is 0 Å². The standard InChI is InChI=1S/C13H11BrFNS/c14-10-3-6-13(12(16)7-10)17-8-9-1-4-11(15)5-2-9/h1-7H,8,16H2. The van der Waals surface area contributed by atoms with E-state index in [-0.39, 0.29) is 5.82 Å². The molecule has 2 rings (SSSR count). The van der Waals surface area contributed by atoms with Crippen LogP contribution in [0.15, 0.2) is 51.8 Å². The SMILES string of the molecule is Nc1cc(Br)ccc1SCc1ccc(F)cc1. The first-order valence-corrected chi connectivity index (χ1v) is 6.85. The second kappa shape index (κ2) is 5.56. The van der Waals surface area contributed by atoms with E-state index in [4.69, 9.17) is 5.73 Å². The lowest BCUT2D eigenvalue weighted by molar-refractivity contribution is 0.627. The fraction of sp³-hybridized carbons (Fsp3) is 0.0769. The summed E-state index contributed by atoms with van der Waals surface area (Å²) in [7, 11) is 0. The van der Waals surface area contributed by atoms with Gasteiger partial charge in [-0.1, -0.05) is 28.1 Å². The minimum Gasteiger partial charge on any atom is -0.398 e. The highest BCUT2D eigenvalue weighted by Crippen LogP contribution is 2.30. The minimum atomic E-state index is -0.207. The van der Waals surface area contributed by atoms with Crippen LogP contribution in [0.3, 0.4) is 0 Å². The molecule has 2 aromatic rings. The highest BCUT2D eigenvalue weighted by molar-refractivity contribution is 9.10. The lowest BCUT2D eigenvalue weighted by Gasteiger charge is -2.06. The molecule has 0 unspecified atom stereocenters. The molecule has 0 saturated heterocycles. The topological polar surface area (TPSA) is 26.0 Å². The molecule has 0 fully saturated rings. The van der Waals surface area contributed by atoms with Crippen LogP contribution in [0.5, 0.6) is 0 Å². The van der Waals surface area contributed by atoms with Gasteiger partial charge in [-0.15, -0.1) is 11.8 Å². The molecule has 0 spiro atoms. The number of hydrogen-bond acceptors (Lipinski definition) is 2. The summed E-state index contributed by atoms with van der Waals surface area (Å²) in [6.07, 6.45) is 0. The molecule has 0 aliphatic heterocycles. The molecular formula is C13H11BrFNS. The van der Waals surface area contributed by atoms with Crippen LogP contribution in [-0.2, 0) is 5.75 Å². The fourth-order valence-electron chi connectivity index (χ4n) is 1.39. The summed E-state index contributed by atoms with van der Waals surface area (Å²) in [5.74, 6) is 0.577. The van der Waals surface area contributed by atoms with Gasteiger partial charge in [0.15, 0.2) is 0 Å². The van der Waals surface area contributed by atoms with Crippen molar-refractivity contribution < 1.29 is 4.39 Å². The first-order chi connectivity index (χ1) is 8.15. The van der Waals surface area contributed by atoms with E-state index in [0.717, 1.165) is 26.4 Å². The predicted molar refractivity (Wildman–Crippen MR) is 74.5 cm³/mol. The van der Waals surface area contributed by atoms with Crippen molar-refractivity contribution in [3.05, 3.63) is 58.3 Å². The molecule has 88 valence electrons. The monoisotopic (exact) mass is 311 g/mol. The van der Waals surface area contributed by atoms with Gasteiger partial charge in [0.05, 0.1) is 0 Å². The summed E-state index contributed by atoms with van der Waals surface area (Å²) >= 11 is 5.02. The second-order valence-corrected chi connectivity index (χ2v) is 5.53. The van der Waals surface area contributed by atoms with Gasteiger partial charge in [0.1, 0.15) is 5.82 Å². The minimum absolute atomic E-state index is 0.207. The van der Waals surface area contributed by atoms with Gasteiger partial charge in [0, 0.05) is 20.8 Å². The van der Waals surface area contributed by atoms with E-state index in [1.807, 2.05) is 18.2 Å². The van der Waals surface area contributed by atoms with Crippen molar-refractivity contribution in [2.24, 2.45) is 0 Å². The van der Waals surface area contributed by atoms with E-state index in [9.17, 15) is 4.39 Å². The summed E-state index contributed by atoms with van der Waals surface area (Å²) in [6, 6.07) is 12.3. The zero-order chi connectivity index (χ0) is 12.3. The summed E-state index contributed by atoms with van der Waals surface area (Å²) in [5.41, 5.74) is 7.74. The summed E-state index contributed by atoms with van der Waals surface area (Å²) in [4.78, 5) is 1.04. The Bertz CT molecular complexity index is 513. The molecular weight excluding hydrogens is 301 g/mol. The van der Waals surface area contributed by atoms with Crippen molar-refractivity contribution in [3.63, 3.8) is 0 Å². The largest absolute Gasteiger partial charge is 0.398 e. The predicted octanol–water partition coefficient (Wildman–Crippen LogP) is 4.46. The second-order valence-electron chi connectivity index (χ2n) is 3.60. The zero-order valence-electron chi connectivity index (χ0n) is 8.99. The van der Waals surface area contributed by atoms with E-state index < -0.39 is 0 Å². The molecule has 2 N–H and O–H groups in total. The molecule has 0 radical (unpaired) electrons. The Hall–Kier alpha value is -1.00. The summed E-state index contributed by atoms with van der Waals surface area (Å²) in [5, 5.41) is 0. The van der Waals surface area contributed by atoms with Crippen molar-refractivity contribution in [1.82, 2.24) is 0 Å². The molecule has 0 aliphatic carbocycles. The van der Waals surface area contributed by atoms with Crippen molar-refractivity contribution in [1.29, 1.82) is 0 Å². The number of rotatable bonds is 3. The van der Waals surface area contributed by atoms with Crippen molar-refractivity contribution in [2.75, 3.05) is 5.73 Å². The van der Waals surface area contributed by atoms with Gasteiger partial charge in [-0.05, 0) is 35.9 Å². The van der Waals surface area contributed by atoms with Crippen LogP contribution in [0.25, 0.3) is 0 Å². The maximum absolute atomic E-state index is 12.7. The number of anilines is 1. The molecule has 17 heavy (non-hydrogen) atoms. The fourth-order valence-corrected chi connectivity index (χ4v) is 2.68. The molecule has 1 nitrogen and oxygen atoms in total. The third-order valence-corrected chi connectivity index (χ3v) is 3.93. The van der Waals surface area contributed by atoms with Crippen molar-refractivity contribution in [3.8, 4) is 0 Å². The van der Waals surface area contributed by atoms with Crippen LogP contribution >= 0.6 is 27.7 Å². The highest BCUT2D eigenvalue weighted by Gasteiger charge is 2.01. The van der Waals surface area contributed by atoms with Crippen molar-refractivity contribution in [2.45, 2.75) is 10.6 Å². The molecule has 0 aromatic heterocycles. The third-order valence-electron chi connectivity index (χ3n) is 2.28. The van der Waals surface area contributed by atoms with Gasteiger partial charge in [0.25, 0.3) is 0 Å². The first kappa shape index (κ1) is 12.5. The van der Waals surface area contributed by atoms with Gasteiger partial charge in [0.2, 0.25) is 0 Å². The van der Waals surface area contributed by atoms with Gasteiger partial charge in [-0.25, -0.2) is 4.39 Å². The van der Waals surface area contributed by atoms with Crippen LogP contribution in [0.1, 0.15) is 5.56 Å². The average Bonchev–Trinajstić information content (AvgIpc) is 2.30. The highest BCUT2D eigenvalue weighted by atomic mass is 79.9. The average molecular weight is 312 g/mol. The maximum Gasteiger partial charge on any atom is 0.123 e. The Balaban J connectivity index is 2.04. The van der Waals surface area contributed by atoms with Crippen LogP contribution in [0.2, 0.25) is 0 Å². The Morgan fingerprint density at radius 1 is 1.12 bits per heavy atom. The van der Waals surface area contributed by atoms with E-state index in [1.165, 1.54) is 12.1 Å². The molecule has 4 heteroatoms. The van der Waals surface area contributed by atoms with E-state index >= 15 is 0 Å². The Labute approximate surface area is 112 Å². The Morgan fingerprint density at radius 3 is 2.47 bits per heavy atom. The normalized spacial score (nSPS) is 10.5. The summed E-state index contributed by atoms with van der Waals surface area (Å²) in [6.45, 7) is 0. The lowest BCUT2D eigenvalue weighted by Crippen LogP contribution is -1.89. The first-order valence-electron chi connectivity index (χ1n) is 5.07. The zero-order valence-corrected chi connectivity index (χ0v) is 11.4. The van der Waals surface area contributed by atoms with E-state index in [2.05, 4.69) is 15.9 Å². The van der Waals surface area contributed by atoms with Crippen molar-refractivity contribution >= 4 is 33.4 Å². The Morgan fingerprint density at radius 2 is 1.82 bits per heavy atom. The quantitative estimate of drug-likeness (QED) is 0.669. The van der Waals surface area contributed by atoms with Gasteiger partial charge in [-0.3, -0.25) is 0 Å². The van der Waals surface area contributed by atoms with E-state index in [1.54, 1.807) is 23.9 Å². The smallest absolute Gasteiger partial charge is 0.123 e.